The third kappa shape index (κ3) is 4.79. The second kappa shape index (κ2) is 11.2. The summed E-state index contributed by atoms with van der Waals surface area (Å²) in [5.74, 6) is 0. The molecule has 0 aliphatic rings. The summed E-state index contributed by atoms with van der Waals surface area (Å²) in [6.45, 7) is 30.4. The first-order valence-electron chi connectivity index (χ1n) is 9.70. The van der Waals surface area contributed by atoms with Gasteiger partial charge in [0, 0.05) is 0 Å². The second-order valence-electron chi connectivity index (χ2n) is 6.38. The van der Waals surface area contributed by atoms with Crippen LogP contribution in [0.2, 0.25) is 0 Å². The molecule has 5 heteroatoms. The van der Waals surface area contributed by atoms with E-state index < -0.39 is 17.1 Å². The molecule has 0 aromatic rings. The van der Waals surface area contributed by atoms with Gasteiger partial charge in [-0.25, -0.2) is 0 Å². The summed E-state index contributed by atoms with van der Waals surface area (Å²) >= 11 is -2.82. The van der Waals surface area contributed by atoms with Crippen molar-refractivity contribution in [3.63, 3.8) is 0 Å². The van der Waals surface area contributed by atoms with Crippen LogP contribution in [-0.2, 0) is 17.1 Å². The van der Waals surface area contributed by atoms with Gasteiger partial charge in [0.2, 0.25) is 0 Å². The molecule has 142 valence electrons. The fraction of sp³-hybridized carbons (Fsp3) is 1.00. The van der Waals surface area contributed by atoms with Crippen LogP contribution in [0.4, 0.5) is 0 Å². The van der Waals surface area contributed by atoms with Gasteiger partial charge in [0.05, 0.1) is 0 Å². The molecule has 0 spiro atoms. The molecule has 0 unspecified atom stereocenters. The molecular formula is C18H44MoN4. The second-order valence-corrected chi connectivity index (χ2v) is 13.6. The summed E-state index contributed by atoms with van der Waals surface area (Å²) in [5.41, 5.74) is 0. The van der Waals surface area contributed by atoms with Crippen LogP contribution in [0.15, 0.2) is 0 Å². The fourth-order valence-electron chi connectivity index (χ4n) is 3.76. The van der Waals surface area contributed by atoms with Gasteiger partial charge in [-0.3, -0.25) is 0 Å². The average molecular weight is 413 g/mol. The van der Waals surface area contributed by atoms with Crippen LogP contribution in [0.3, 0.4) is 0 Å². The Labute approximate surface area is 151 Å². The van der Waals surface area contributed by atoms with Crippen LogP contribution in [0.1, 0.15) is 69.2 Å². The van der Waals surface area contributed by atoms with Crippen LogP contribution in [0.5, 0.6) is 0 Å². The molecule has 0 radical (unpaired) electrons. The number of nitrogens with zero attached hydrogens (tertiary/aromatic N) is 4. The van der Waals surface area contributed by atoms with Crippen molar-refractivity contribution in [1.82, 2.24) is 13.8 Å². The van der Waals surface area contributed by atoms with Gasteiger partial charge < -0.3 is 0 Å². The van der Waals surface area contributed by atoms with Crippen molar-refractivity contribution in [3.8, 4) is 0 Å². The molecule has 0 aromatic heterocycles. The van der Waals surface area contributed by atoms with Gasteiger partial charge in [0.1, 0.15) is 0 Å². The molecule has 0 aromatic carbocycles. The normalized spacial score (nSPS) is 14.3. The predicted octanol–water partition coefficient (Wildman–Crippen LogP) is 3.94. The third-order valence-corrected chi connectivity index (χ3v) is 16.8. The van der Waals surface area contributed by atoms with Gasteiger partial charge in [-0.2, -0.15) is 0 Å². The quantitative estimate of drug-likeness (QED) is 0.450. The minimum absolute atomic E-state index is 0.568. The standard InChI is InChI=1S/C6H14N.3C4H10N.Mo/c1-5(2)7-6(3)4;3*1-3-5-4-2;/h5-6H,1-4H3;3*3-4H2,1-2H3;/q4*-1;+4. The molecule has 0 amide bonds. The van der Waals surface area contributed by atoms with Crippen molar-refractivity contribution >= 4 is 0 Å². The van der Waals surface area contributed by atoms with Gasteiger partial charge in [-0.1, -0.05) is 0 Å². The number of hydrogen-bond donors (Lipinski definition) is 0. The molecule has 0 saturated carbocycles. The Hall–Kier alpha value is 0.528. The van der Waals surface area contributed by atoms with Crippen molar-refractivity contribution < 1.29 is 17.1 Å². The first-order chi connectivity index (χ1) is 10.8. The molecule has 23 heavy (non-hydrogen) atoms. The van der Waals surface area contributed by atoms with Crippen molar-refractivity contribution in [1.29, 1.82) is 0 Å². The summed E-state index contributed by atoms with van der Waals surface area (Å²) in [4.78, 5) is 0. The summed E-state index contributed by atoms with van der Waals surface area (Å²) in [6, 6.07) is 1.14. The van der Waals surface area contributed by atoms with Gasteiger partial charge in [0.15, 0.2) is 0 Å². The first-order valence-corrected chi connectivity index (χ1v) is 13.3. The SMILES string of the molecule is CC[N](CC)[Mo]([N](CC)CC)([N](CC)CC)[N](C(C)C)C(C)C. The monoisotopic (exact) mass is 414 g/mol. The Balaban J connectivity index is 6.54. The topological polar surface area (TPSA) is 13.0 Å². The molecule has 0 aliphatic carbocycles. The molecule has 0 heterocycles. The summed E-state index contributed by atoms with van der Waals surface area (Å²) in [7, 11) is 0. The van der Waals surface area contributed by atoms with Crippen LogP contribution < -0.4 is 0 Å². The zero-order valence-electron chi connectivity index (χ0n) is 17.6. The van der Waals surface area contributed by atoms with E-state index in [0.717, 1.165) is 39.3 Å². The first kappa shape index (κ1) is 23.5. The Morgan fingerprint density at radius 1 is 0.522 bits per heavy atom. The Kier molecular flexibility index (Phi) is 11.5. The average Bonchev–Trinajstić information content (AvgIpc) is 2.49. The van der Waals surface area contributed by atoms with Crippen molar-refractivity contribution in [2.75, 3.05) is 39.3 Å². The van der Waals surface area contributed by atoms with E-state index in [1.54, 1.807) is 0 Å². The van der Waals surface area contributed by atoms with Crippen molar-refractivity contribution in [2.24, 2.45) is 0 Å². The van der Waals surface area contributed by atoms with E-state index in [1.165, 1.54) is 0 Å². The van der Waals surface area contributed by atoms with Crippen molar-refractivity contribution in [3.05, 3.63) is 0 Å². The van der Waals surface area contributed by atoms with Crippen LogP contribution in [0.25, 0.3) is 0 Å². The summed E-state index contributed by atoms with van der Waals surface area (Å²) in [6.07, 6.45) is 0. The molecule has 0 aliphatic heterocycles. The van der Waals surface area contributed by atoms with E-state index in [4.69, 9.17) is 0 Å². The molecule has 0 atom stereocenters. The fourth-order valence-corrected chi connectivity index (χ4v) is 16.0. The zero-order valence-corrected chi connectivity index (χ0v) is 19.6. The zero-order chi connectivity index (χ0) is 18.2. The van der Waals surface area contributed by atoms with E-state index in [-0.39, 0.29) is 0 Å². The van der Waals surface area contributed by atoms with E-state index in [2.05, 4.69) is 83.1 Å². The molecule has 4 nitrogen and oxygen atoms in total. The van der Waals surface area contributed by atoms with E-state index in [0.29, 0.717) is 12.1 Å². The Morgan fingerprint density at radius 2 is 0.739 bits per heavy atom. The molecule has 0 N–H and O–H groups in total. The minimum atomic E-state index is -2.82. The number of hydrogen-bond acceptors (Lipinski definition) is 4. The van der Waals surface area contributed by atoms with E-state index in [1.807, 2.05) is 0 Å². The molecule has 0 rings (SSSR count). The van der Waals surface area contributed by atoms with Gasteiger partial charge in [0.25, 0.3) is 0 Å². The van der Waals surface area contributed by atoms with Gasteiger partial charge >= 0.3 is 151 Å². The van der Waals surface area contributed by atoms with E-state index in [9.17, 15) is 0 Å². The van der Waals surface area contributed by atoms with E-state index >= 15 is 0 Å². The van der Waals surface area contributed by atoms with Crippen LogP contribution in [0, 0.1) is 0 Å². The molecule has 0 bridgehead atoms. The van der Waals surface area contributed by atoms with Crippen molar-refractivity contribution in [2.45, 2.75) is 81.3 Å². The summed E-state index contributed by atoms with van der Waals surface area (Å²) in [5, 5.41) is 0. The van der Waals surface area contributed by atoms with Crippen LogP contribution >= 0.6 is 0 Å². The maximum atomic E-state index is 2.90. The Morgan fingerprint density at radius 3 is 0.870 bits per heavy atom. The molecule has 0 saturated heterocycles. The predicted molar refractivity (Wildman–Crippen MR) is 101 cm³/mol. The maximum absolute atomic E-state index is 2.90. The third-order valence-electron chi connectivity index (χ3n) is 4.46. The molecule has 0 fully saturated rings. The number of rotatable bonds is 12. The summed E-state index contributed by atoms with van der Waals surface area (Å²) < 4.78 is 11.4. The molecular weight excluding hydrogens is 368 g/mol. The van der Waals surface area contributed by atoms with Crippen LogP contribution in [-0.4, -0.2) is 65.2 Å². The van der Waals surface area contributed by atoms with Gasteiger partial charge in [-0.15, -0.1) is 0 Å². The van der Waals surface area contributed by atoms with Gasteiger partial charge in [-0.05, 0) is 0 Å². The Bertz CT molecular complexity index is 258.